The molecule has 1 saturated carbocycles. The van der Waals surface area contributed by atoms with Crippen LogP contribution in [0.5, 0.6) is 5.19 Å². The second-order valence-electron chi connectivity index (χ2n) is 8.27. The van der Waals surface area contributed by atoms with Crippen LogP contribution in [0.4, 0.5) is 22.0 Å². The Hall–Kier alpha value is -1.49. The van der Waals surface area contributed by atoms with Crippen LogP contribution in [0.25, 0.3) is 0 Å². The number of alkyl halides is 5. The molecule has 176 valence electrons. The van der Waals surface area contributed by atoms with Gasteiger partial charge in [0.2, 0.25) is 5.91 Å². The topological polar surface area (TPSA) is 54.5 Å². The Kier molecular flexibility index (Phi) is 8.49. The second-order valence-corrected chi connectivity index (χ2v) is 9.31. The van der Waals surface area contributed by atoms with Crippen molar-refractivity contribution in [2.24, 2.45) is 5.92 Å². The fourth-order valence-electron chi connectivity index (χ4n) is 4.13. The van der Waals surface area contributed by atoms with Crippen molar-refractivity contribution in [3.8, 4) is 5.19 Å². The predicted octanol–water partition coefficient (Wildman–Crippen LogP) is 4.55. The predicted molar refractivity (Wildman–Crippen MR) is 106 cm³/mol. The molecule has 31 heavy (non-hydrogen) atoms. The number of rotatable bonds is 9. The summed E-state index contributed by atoms with van der Waals surface area (Å²) >= 11 is 1.34. The number of hydrogen-bond donors (Lipinski definition) is 1. The van der Waals surface area contributed by atoms with E-state index in [1.807, 2.05) is 0 Å². The van der Waals surface area contributed by atoms with Gasteiger partial charge in [-0.25, -0.2) is 13.8 Å². The largest absolute Gasteiger partial charge is 0.464 e. The molecule has 0 saturated heterocycles. The van der Waals surface area contributed by atoms with Crippen LogP contribution >= 0.6 is 11.3 Å². The lowest BCUT2D eigenvalue weighted by Gasteiger charge is -2.32. The molecule has 1 N–H and O–H groups in total. The van der Waals surface area contributed by atoms with E-state index >= 15 is 0 Å². The van der Waals surface area contributed by atoms with Crippen molar-refractivity contribution >= 4 is 17.2 Å². The molecule has 0 aromatic carbocycles. The van der Waals surface area contributed by atoms with Crippen LogP contribution < -0.4 is 10.1 Å². The third kappa shape index (κ3) is 8.17. The first-order chi connectivity index (χ1) is 14.7. The number of nitrogens with zero attached hydrogens (tertiary/aromatic N) is 2. The van der Waals surface area contributed by atoms with Gasteiger partial charge in [0.15, 0.2) is 6.61 Å². The van der Waals surface area contributed by atoms with E-state index in [4.69, 9.17) is 4.74 Å². The number of amides is 1. The van der Waals surface area contributed by atoms with Crippen molar-refractivity contribution in [3.63, 3.8) is 0 Å². The van der Waals surface area contributed by atoms with E-state index in [-0.39, 0.29) is 6.04 Å². The van der Waals surface area contributed by atoms with Crippen LogP contribution in [0.15, 0.2) is 0 Å². The summed E-state index contributed by atoms with van der Waals surface area (Å²) in [5, 5.41) is 3.04. The number of ether oxygens (including phenoxy) is 1. The number of carbonyl (C=O) groups is 1. The number of halogens is 5. The number of thiazole rings is 1. The Morgan fingerprint density at radius 1 is 1.26 bits per heavy atom. The normalized spacial score (nSPS) is 22.4. The van der Waals surface area contributed by atoms with E-state index in [9.17, 15) is 26.7 Å². The highest BCUT2D eigenvalue weighted by Crippen LogP contribution is 2.32. The zero-order valence-corrected chi connectivity index (χ0v) is 18.0. The summed E-state index contributed by atoms with van der Waals surface area (Å²) in [6.07, 6.45) is -3.06. The molecule has 0 radical (unpaired) electrons. The zero-order chi connectivity index (χ0) is 22.4. The lowest BCUT2D eigenvalue weighted by atomic mass is 9.84. The summed E-state index contributed by atoms with van der Waals surface area (Å²) in [7, 11) is 0. The molecule has 0 spiro atoms. The lowest BCUT2D eigenvalue weighted by molar-refractivity contribution is -0.144. The molecule has 0 unspecified atom stereocenters. The van der Waals surface area contributed by atoms with Crippen molar-refractivity contribution in [3.05, 3.63) is 10.6 Å². The fourth-order valence-corrected chi connectivity index (χ4v) is 5.05. The van der Waals surface area contributed by atoms with E-state index in [1.54, 1.807) is 0 Å². The number of nitrogens with one attached hydrogen (secondary N) is 1. The lowest BCUT2D eigenvalue weighted by Crippen LogP contribution is -2.38. The third-order valence-corrected chi connectivity index (χ3v) is 6.89. The van der Waals surface area contributed by atoms with Gasteiger partial charge in [0.25, 0.3) is 11.6 Å². The van der Waals surface area contributed by atoms with Crippen molar-refractivity contribution in [2.75, 3.05) is 19.7 Å². The van der Waals surface area contributed by atoms with Gasteiger partial charge in [0.05, 0.1) is 12.1 Å². The smallest absolute Gasteiger partial charge is 0.389 e. The van der Waals surface area contributed by atoms with E-state index < -0.39 is 38.0 Å². The van der Waals surface area contributed by atoms with Gasteiger partial charge in [0.1, 0.15) is 0 Å². The van der Waals surface area contributed by atoms with Crippen molar-refractivity contribution in [2.45, 2.75) is 76.6 Å². The molecule has 0 bridgehead atoms. The molecule has 1 fully saturated rings. The van der Waals surface area contributed by atoms with Gasteiger partial charge in [0, 0.05) is 30.4 Å². The Morgan fingerprint density at radius 2 is 2.00 bits per heavy atom. The monoisotopic (exact) mass is 469 g/mol. The molecule has 1 aliphatic carbocycles. The third-order valence-electron chi connectivity index (χ3n) is 5.82. The summed E-state index contributed by atoms with van der Waals surface area (Å²) in [4.78, 5) is 19.4. The quantitative estimate of drug-likeness (QED) is 0.539. The Morgan fingerprint density at radius 3 is 2.68 bits per heavy atom. The van der Waals surface area contributed by atoms with Crippen LogP contribution in [0.2, 0.25) is 0 Å². The Bertz CT molecular complexity index is 720. The summed E-state index contributed by atoms with van der Waals surface area (Å²) in [6.45, 7) is 1.86. The highest BCUT2D eigenvalue weighted by atomic mass is 32.1. The first kappa shape index (κ1) is 24.2. The molecule has 0 atom stereocenters. The van der Waals surface area contributed by atoms with Gasteiger partial charge in [-0.15, -0.1) is 0 Å². The summed E-state index contributed by atoms with van der Waals surface area (Å²) in [5.41, 5.74) is 0.908. The molecule has 11 heteroatoms. The van der Waals surface area contributed by atoms with Gasteiger partial charge in [-0.2, -0.15) is 13.2 Å². The van der Waals surface area contributed by atoms with Gasteiger partial charge in [-0.3, -0.25) is 9.69 Å². The standard InChI is InChI=1S/C20H28F5N3O2S/c21-17(22)12-30-19-27-15-11-28(10-7-16(15)31-19)9-6-13-1-3-14(4-2-13)26-18(29)5-8-20(23,24)25/h13-14,17H,1-12H2,(H,26,29). The van der Waals surface area contributed by atoms with E-state index in [0.717, 1.165) is 62.2 Å². The average molecular weight is 470 g/mol. The molecule has 1 aliphatic heterocycles. The number of hydrogen-bond acceptors (Lipinski definition) is 5. The molecule has 5 nitrogen and oxygen atoms in total. The Balaban J connectivity index is 1.33. The summed E-state index contributed by atoms with van der Waals surface area (Å²) in [6, 6.07) is -0.0313. The maximum Gasteiger partial charge on any atom is 0.389 e. The molecular formula is C20H28F5N3O2S. The maximum atomic E-state index is 12.3. The molecule has 3 rings (SSSR count). The first-order valence-electron chi connectivity index (χ1n) is 10.7. The van der Waals surface area contributed by atoms with Gasteiger partial charge < -0.3 is 10.1 Å². The highest BCUT2D eigenvalue weighted by Gasteiger charge is 2.29. The number of fused-ring (bicyclic) bond motifs is 1. The molecule has 2 aliphatic rings. The van der Waals surface area contributed by atoms with Gasteiger partial charge in [-0.1, -0.05) is 11.3 Å². The van der Waals surface area contributed by atoms with Crippen molar-refractivity contribution in [1.82, 2.24) is 15.2 Å². The molecular weight excluding hydrogens is 441 g/mol. The molecule has 1 amide bonds. The van der Waals surface area contributed by atoms with Crippen LogP contribution in [0.3, 0.4) is 0 Å². The molecule has 2 heterocycles. The SMILES string of the molecule is O=C(CCC(F)(F)F)NC1CCC(CCN2CCc3sc(OCC(F)F)nc3C2)CC1. The van der Waals surface area contributed by atoms with Crippen molar-refractivity contribution < 1.29 is 31.5 Å². The van der Waals surface area contributed by atoms with Gasteiger partial charge in [-0.05, 0) is 51.0 Å². The van der Waals surface area contributed by atoms with Crippen LogP contribution in [0.1, 0.15) is 55.5 Å². The van der Waals surface area contributed by atoms with E-state index in [2.05, 4.69) is 15.2 Å². The molecule has 1 aromatic heterocycles. The summed E-state index contributed by atoms with van der Waals surface area (Å²) < 4.78 is 66.2. The highest BCUT2D eigenvalue weighted by molar-refractivity contribution is 7.13. The first-order valence-corrected chi connectivity index (χ1v) is 11.5. The van der Waals surface area contributed by atoms with Crippen LogP contribution in [0, 0.1) is 5.92 Å². The van der Waals surface area contributed by atoms with Crippen LogP contribution in [-0.4, -0.2) is 54.1 Å². The molecule has 1 aromatic rings. The maximum absolute atomic E-state index is 12.3. The van der Waals surface area contributed by atoms with E-state index in [0.29, 0.717) is 17.7 Å². The Labute approximate surface area is 182 Å². The number of aromatic nitrogens is 1. The minimum atomic E-state index is -4.30. The number of carbonyl (C=O) groups excluding carboxylic acids is 1. The average Bonchev–Trinajstić information content (AvgIpc) is 3.12. The zero-order valence-electron chi connectivity index (χ0n) is 17.2. The van der Waals surface area contributed by atoms with Crippen LogP contribution in [-0.2, 0) is 17.8 Å². The second kappa shape index (κ2) is 10.9. The van der Waals surface area contributed by atoms with Gasteiger partial charge >= 0.3 is 6.18 Å². The van der Waals surface area contributed by atoms with E-state index in [1.165, 1.54) is 11.3 Å². The summed E-state index contributed by atoms with van der Waals surface area (Å²) in [5.74, 6) is 0.00940. The minimum Gasteiger partial charge on any atom is -0.464 e. The minimum absolute atomic E-state index is 0.0313. The van der Waals surface area contributed by atoms with Crippen molar-refractivity contribution in [1.29, 1.82) is 0 Å². The fraction of sp³-hybridized carbons (Fsp3) is 0.800.